The number of benzene rings is 1. The van der Waals surface area contributed by atoms with Gasteiger partial charge in [-0.25, -0.2) is 4.98 Å². The monoisotopic (exact) mass is 287 g/mol. The van der Waals surface area contributed by atoms with E-state index in [-0.39, 0.29) is 24.6 Å². The maximum Gasteiger partial charge on any atom is 0.305 e. The second kappa shape index (κ2) is 6.21. The Morgan fingerprint density at radius 3 is 2.67 bits per heavy atom. The van der Waals surface area contributed by atoms with E-state index in [9.17, 15) is 9.59 Å². The fraction of sp³-hybridized carbons (Fsp3) is 0.267. The molecule has 0 spiro atoms. The number of hydrogen-bond acceptors (Lipinski definition) is 4. The minimum absolute atomic E-state index is 0.0833. The van der Waals surface area contributed by atoms with E-state index in [1.807, 2.05) is 43.3 Å². The van der Waals surface area contributed by atoms with Crippen molar-refractivity contribution in [3.8, 4) is 0 Å². The van der Waals surface area contributed by atoms with Gasteiger partial charge in [-0.15, -0.1) is 0 Å². The lowest BCUT2D eigenvalue weighted by Crippen LogP contribution is -2.27. The van der Waals surface area contributed by atoms with Gasteiger partial charge in [-0.2, -0.15) is 0 Å². The molecule has 6 heteroatoms. The third-order valence-corrected chi connectivity index (χ3v) is 3.03. The molecule has 1 heterocycles. The third kappa shape index (κ3) is 3.47. The lowest BCUT2D eigenvalue weighted by Gasteiger charge is -2.16. The molecule has 0 atom stereocenters. The summed E-state index contributed by atoms with van der Waals surface area (Å²) in [7, 11) is 3.79. The Labute approximate surface area is 122 Å². The zero-order chi connectivity index (χ0) is 15.4. The number of carbonyl (C=O) groups excluding carboxylic acids is 1. The number of hydrogen-bond donors (Lipinski definition) is 2. The van der Waals surface area contributed by atoms with Crippen LogP contribution in [0.1, 0.15) is 16.9 Å². The Balaban J connectivity index is 2.32. The smallest absolute Gasteiger partial charge is 0.305 e. The van der Waals surface area contributed by atoms with Crippen LogP contribution in [0.3, 0.4) is 0 Å². The Morgan fingerprint density at radius 2 is 2.00 bits per heavy atom. The standard InChI is InChI=1S/C15H17N3O3/c1-18(2)13-9-12(15(21)16-8-7-14(19)20)17-11-6-4-3-5-10(11)13/h3-6,9H,7-8H2,1-2H3,(H,16,21)(H,19,20). The lowest BCUT2D eigenvalue weighted by atomic mass is 10.1. The number of aromatic nitrogens is 1. The molecule has 21 heavy (non-hydrogen) atoms. The number of pyridine rings is 1. The minimum atomic E-state index is -0.948. The molecule has 2 N–H and O–H groups in total. The third-order valence-electron chi connectivity index (χ3n) is 3.03. The SMILES string of the molecule is CN(C)c1cc(C(=O)NCCC(=O)O)nc2ccccc12. The first-order valence-corrected chi connectivity index (χ1v) is 6.56. The van der Waals surface area contributed by atoms with E-state index in [0.717, 1.165) is 16.6 Å². The fourth-order valence-electron chi connectivity index (χ4n) is 2.02. The maximum absolute atomic E-state index is 12.1. The van der Waals surface area contributed by atoms with Gasteiger partial charge in [-0.1, -0.05) is 18.2 Å². The number of nitrogens with one attached hydrogen (secondary N) is 1. The number of nitrogens with zero attached hydrogens (tertiary/aromatic N) is 2. The highest BCUT2D eigenvalue weighted by molar-refractivity contribution is 6.00. The van der Waals surface area contributed by atoms with Crippen molar-refractivity contribution in [2.45, 2.75) is 6.42 Å². The van der Waals surface area contributed by atoms with Crippen molar-refractivity contribution in [3.05, 3.63) is 36.0 Å². The van der Waals surface area contributed by atoms with Crippen molar-refractivity contribution in [2.75, 3.05) is 25.5 Å². The number of para-hydroxylation sites is 1. The van der Waals surface area contributed by atoms with Gasteiger partial charge in [0, 0.05) is 31.7 Å². The van der Waals surface area contributed by atoms with E-state index in [1.54, 1.807) is 6.07 Å². The highest BCUT2D eigenvalue weighted by Gasteiger charge is 2.13. The molecule has 0 saturated heterocycles. The average Bonchev–Trinajstić information content (AvgIpc) is 2.45. The molecule has 0 aliphatic rings. The van der Waals surface area contributed by atoms with Crippen molar-refractivity contribution >= 4 is 28.5 Å². The van der Waals surface area contributed by atoms with Crippen LogP contribution in [0.4, 0.5) is 5.69 Å². The topological polar surface area (TPSA) is 82.5 Å². The van der Waals surface area contributed by atoms with Crippen molar-refractivity contribution < 1.29 is 14.7 Å². The summed E-state index contributed by atoms with van der Waals surface area (Å²) in [6.07, 6.45) is -0.111. The molecule has 0 aliphatic heterocycles. The van der Waals surface area contributed by atoms with Crippen molar-refractivity contribution in [1.29, 1.82) is 0 Å². The number of amides is 1. The summed E-state index contributed by atoms with van der Waals surface area (Å²) in [4.78, 5) is 28.8. The second-order valence-corrected chi connectivity index (χ2v) is 4.84. The number of carbonyl (C=O) groups is 2. The summed E-state index contributed by atoms with van der Waals surface area (Å²) in [5.74, 6) is -1.32. The first-order valence-electron chi connectivity index (χ1n) is 6.56. The van der Waals surface area contributed by atoms with Crippen LogP contribution in [-0.4, -0.2) is 42.6 Å². The van der Waals surface area contributed by atoms with Crippen LogP contribution in [0, 0.1) is 0 Å². The summed E-state index contributed by atoms with van der Waals surface area (Å²) in [5, 5.41) is 12.1. The van der Waals surface area contributed by atoms with E-state index in [4.69, 9.17) is 5.11 Å². The molecule has 0 radical (unpaired) electrons. The summed E-state index contributed by atoms with van der Waals surface area (Å²) >= 11 is 0. The van der Waals surface area contributed by atoms with Crippen molar-refractivity contribution in [1.82, 2.24) is 10.3 Å². The molecule has 2 rings (SSSR count). The quantitative estimate of drug-likeness (QED) is 0.871. The Bertz CT molecular complexity index is 683. The predicted octanol–water partition coefficient (Wildman–Crippen LogP) is 1.51. The molecule has 110 valence electrons. The van der Waals surface area contributed by atoms with Crippen LogP contribution < -0.4 is 10.2 Å². The largest absolute Gasteiger partial charge is 0.481 e. The Kier molecular flexibility index (Phi) is 4.37. The fourth-order valence-corrected chi connectivity index (χ4v) is 2.02. The molecule has 1 amide bonds. The van der Waals surface area contributed by atoms with Crippen LogP contribution in [0.15, 0.2) is 30.3 Å². The van der Waals surface area contributed by atoms with Crippen LogP contribution in [-0.2, 0) is 4.79 Å². The summed E-state index contributed by atoms with van der Waals surface area (Å²) < 4.78 is 0. The highest BCUT2D eigenvalue weighted by Crippen LogP contribution is 2.25. The van der Waals surface area contributed by atoms with E-state index >= 15 is 0 Å². The summed E-state index contributed by atoms with van der Waals surface area (Å²) in [6, 6.07) is 9.28. The average molecular weight is 287 g/mol. The zero-order valence-electron chi connectivity index (χ0n) is 12.0. The van der Waals surface area contributed by atoms with E-state index in [0.29, 0.717) is 0 Å². The van der Waals surface area contributed by atoms with Gasteiger partial charge in [0.1, 0.15) is 5.69 Å². The van der Waals surface area contributed by atoms with Crippen LogP contribution in [0.5, 0.6) is 0 Å². The van der Waals surface area contributed by atoms with Crippen LogP contribution in [0.2, 0.25) is 0 Å². The molecule has 6 nitrogen and oxygen atoms in total. The number of carboxylic acids is 1. The summed E-state index contributed by atoms with van der Waals surface area (Å²) in [6.45, 7) is 0.0833. The van der Waals surface area contributed by atoms with Crippen LogP contribution in [0.25, 0.3) is 10.9 Å². The summed E-state index contributed by atoms with van der Waals surface area (Å²) in [5.41, 5.74) is 1.90. The van der Waals surface area contributed by atoms with Crippen molar-refractivity contribution in [3.63, 3.8) is 0 Å². The number of rotatable bonds is 5. The minimum Gasteiger partial charge on any atom is -0.481 e. The van der Waals surface area contributed by atoms with Gasteiger partial charge in [0.25, 0.3) is 5.91 Å². The van der Waals surface area contributed by atoms with Gasteiger partial charge in [0.15, 0.2) is 0 Å². The molecule has 0 saturated carbocycles. The first kappa shape index (κ1) is 14.8. The van der Waals surface area contributed by atoms with Crippen molar-refractivity contribution in [2.24, 2.45) is 0 Å². The van der Waals surface area contributed by atoms with Crippen LogP contribution >= 0.6 is 0 Å². The molecule has 0 bridgehead atoms. The van der Waals surface area contributed by atoms with Gasteiger partial charge in [-0.05, 0) is 12.1 Å². The highest BCUT2D eigenvalue weighted by atomic mass is 16.4. The number of fused-ring (bicyclic) bond motifs is 1. The predicted molar refractivity (Wildman–Crippen MR) is 80.7 cm³/mol. The zero-order valence-corrected chi connectivity index (χ0v) is 12.0. The number of aliphatic carboxylic acids is 1. The normalized spacial score (nSPS) is 10.4. The van der Waals surface area contributed by atoms with Gasteiger partial charge >= 0.3 is 5.97 Å². The molecule has 1 aromatic heterocycles. The van der Waals surface area contributed by atoms with Gasteiger partial charge in [-0.3, -0.25) is 9.59 Å². The second-order valence-electron chi connectivity index (χ2n) is 4.84. The van der Waals surface area contributed by atoms with E-state index in [1.165, 1.54) is 0 Å². The molecule has 2 aromatic rings. The maximum atomic E-state index is 12.1. The molecule has 0 unspecified atom stereocenters. The molecule has 0 fully saturated rings. The molecule has 1 aromatic carbocycles. The number of carboxylic acid groups (broad SMARTS) is 1. The molecular formula is C15H17N3O3. The number of anilines is 1. The van der Waals surface area contributed by atoms with Gasteiger partial charge < -0.3 is 15.3 Å². The van der Waals surface area contributed by atoms with E-state index in [2.05, 4.69) is 10.3 Å². The van der Waals surface area contributed by atoms with Gasteiger partial charge in [0.2, 0.25) is 0 Å². The Morgan fingerprint density at radius 1 is 1.29 bits per heavy atom. The first-order chi connectivity index (χ1) is 9.99. The lowest BCUT2D eigenvalue weighted by molar-refractivity contribution is -0.136. The molecule has 0 aliphatic carbocycles. The van der Waals surface area contributed by atoms with E-state index < -0.39 is 5.97 Å². The Hall–Kier alpha value is -2.63. The molecular weight excluding hydrogens is 270 g/mol. The van der Waals surface area contributed by atoms with Gasteiger partial charge in [0.05, 0.1) is 11.9 Å².